The fourth-order valence-corrected chi connectivity index (χ4v) is 3.38. The van der Waals surface area contributed by atoms with Crippen molar-refractivity contribution in [3.8, 4) is 11.4 Å². The van der Waals surface area contributed by atoms with Gasteiger partial charge in [-0.1, -0.05) is 13.8 Å². The molecular formula is C17H25N3S. The smallest absolute Gasteiger partial charge is 0.160 e. The third-order valence-electron chi connectivity index (χ3n) is 3.81. The lowest BCUT2D eigenvalue weighted by atomic mass is 9.98. The molecule has 114 valence electrons. The molecule has 0 aromatic carbocycles. The van der Waals surface area contributed by atoms with Crippen LogP contribution in [0.25, 0.3) is 11.4 Å². The molecule has 21 heavy (non-hydrogen) atoms. The lowest BCUT2D eigenvalue weighted by molar-refractivity contribution is 0.517. The molecule has 0 fully saturated rings. The molecule has 0 aliphatic carbocycles. The quantitative estimate of drug-likeness (QED) is 0.879. The topological polar surface area (TPSA) is 37.8 Å². The molecule has 4 heteroatoms. The van der Waals surface area contributed by atoms with E-state index in [4.69, 9.17) is 9.97 Å². The summed E-state index contributed by atoms with van der Waals surface area (Å²) in [5.41, 5.74) is 5.96. The Morgan fingerprint density at radius 2 is 1.81 bits per heavy atom. The summed E-state index contributed by atoms with van der Waals surface area (Å²) < 4.78 is 0. The van der Waals surface area contributed by atoms with Gasteiger partial charge < -0.3 is 5.32 Å². The molecule has 0 amide bonds. The minimum Gasteiger partial charge on any atom is -0.317 e. The van der Waals surface area contributed by atoms with Gasteiger partial charge in [0.1, 0.15) is 0 Å². The molecule has 1 unspecified atom stereocenters. The molecule has 1 atom stereocenters. The molecule has 1 N–H and O–H groups in total. The molecule has 0 saturated heterocycles. The summed E-state index contributed by atoms with van der Waals surface area (Å²) in [6.45, 7) is 12.8. The van der Waals surface area contributed by atoms with Crippen molar-refractivity contribution in [2.24, 2.45) is 5.92 Å². The lowest BCUT2D eigenvalue weighted by Crippen LogP contribution is -2.22. The van der Waals surface area contributed by atoms with Crippen LogP contribution < -0.4 is 5.32 Å². The molecule has 3 nitrogen and oxygen atoms in total. The van der Waals surface area contributed by atoms with Crippen LogP contribution in [0.15, 0.2) is 10.8 Å². The zero-order valence-corrected chi connectivity index (χ0v) is 14.5. The van der Waals surface area contributed by atoms with Gasteiger partial charge in [-0.15, -0.1) is 0 Å². The Morgan fingerprint density at radius 1 is 1.14 bits per heavy atom. The summed E-state index contributed by atoms with van der Waals surface area (Å²) in [5, 5.41) is 7.69. The highest BCUT2D eigenvalue weighted by Gasteiger charge is 2.14. The van der Waals surface area contributed by atoms with Gasteiger partial charge in [0.25, 0.3) is 0 Å². The third-order valence-corrected chi connectivity index (χ3v) is 4.67. The monoisotopic (exact) mass is 303 g/mol. The minimum absolute atomic E-state index is 0.597. The second-order valence-corrected chi connectivity index (χ2v) is 6.53. The van der Waals surface area contributed by atoms with Crippen LogP contribution in [-0.2, 0) is 6.42 Å². The van der Waals surface area contributed by atoms with Gasteiger partial charge in [-0.25, -0.2) is 9.97 Å². The van der Waals surface area contributed by atoms with E-state index < -0.39 is 0 Å². The predicted octanol–water partition coefficient (Wildman–Crippen LogP) is 3.92. The Hall–Kier alpha value is -1.26. The Balaban J connectivity index is 2.24. The molecule has 0 saturated carbocycles. The van der Waals surface area contributed by atoms with Crippen LogP contribution in [0, 0.1) is 26.7 Å². The average Bonchev–Trinajstić information content (AvgIpc) is 2.86. The number of aryl methyl sites for hydroxylation is 3. The molecule has 0 radical (unpaired) electrons. The molecule has 0 aliphatic heterocycles. The van der Waals surface area contributed by atoms with Crippen molar-refractivity contribution in [1.82, 2.24) is 15.3 Å². The number of aromatic nitrogens is 2. The fraction of sp³-hybridized carbons (Fsp3) is 0.529. The van der Waals surface area contributed by atoms with E-state index in [1.165, 1.54) is 16.7 Å². The highest BCUT2D eigenvalue weighted by molar-refractivity contribution is 7.08. The van der Waals surface area contributed by atoms with Crippen LogP contribution in [0.3, 0.4) is 0 Å². The Labute approximate surface area is 131 Å². The zero-order chi connectivity index (χ0) is 15.4. The van der Waals surface area contributed by atoms with Crippen molar-refractivity contribution in [1.29, 1.82) is 0 Å². The maximum atomic E-state index is 4.75. The van der Waals surface area contributed by atoms with E-state index in [0.29, 0.717) is 5.92 Å². The number of nitrogens with zero attached hydrogens (tertiary/aromatic N) is 2. The lowest BCUT2D eigenvalue weighted by Gasteiger charge is -2.16. The van der Waals surface area contributed by atoms with Gasteiger partial charge in [0, 0.05) is 22.3 Å². The maximum absolute atomic E-state index is 4.75. The number of nitrogens with one attached hydrogen (secondary N) is 1. The zero-order valence-electron chi connectivity index (χ0n) is 13.7. The molecule has 2 heterocycles. The second kappa shape index (κ2) is 7.14. The van der Waals surface area contributed by atoms with Crippen LogP contribution in [0.4, 0.5) is 0 Å². The van der Waals surface area contributed by atoms with Gasteiger partial charge in [-0.3, -0.25) is 0 Å². The van der Waals surface area contributed by atoms with E-state index in [1.54, 1.807) is 11.3 Å². The van der Waals surface area contributed by atoms with Crippen LogP contribution in [0.1, 0.15) is 36.4 Å². The van der Waals surface area contributed by atoms with Gasteiger partial charge in [-0.05, 0) is 62.7 Å². The summed E-state index contributed by atoms with van der Waals surface area (Å²) in [6, 6.07) is 0. The van der Waals surface area contributed by atoms with Crippen LogP contribution >= 0.6 is 11.3 Å². The number of hydrogen-bond acceptors (Lipinski definition) is 4. The first-order valence-electron chi connectivity index (χ1n) is 7.60. The van der Waals surface area contributed by atoms with Crippen molar-refractivity contribution in [3.63, 3.8) is 0 Å². The van der Waals surface area contributed by atoms with Crippen molar-refractivity contribution in [2.75, 3.05) is 13.1 Å². The molecule has 0 bridgehead atoms. The average molecular weight is 303 g/mol. The summed E-state index contributed by atoms with van der Waals surface area (Å²) in [7, 11) is 0. The van der Waals surface area contributed by atoms with E-state index >= 15 is 0 Å². The van der Waals surface area contributed by atoms with Gasteiger partial charge in [-0.2, -0.15) is 11.3 Å². The number of thiophene rings is 1. The summed E-state index contributed by atoms with van der Waals surface area (Å²) in [6.07, 6.45) is 1.04. The van der Waals surface area contributed by atoms with E-state index in [0.717, 1.165) is 36.7 Å². The molecule has 2 rings (SSSR count). The van der Waals surface area contributed by atoms with Gasteiger partial charge in [0.05, 0.1) is 0 Å². The van der Waals surface area contributed by atoms with Crippen molar-refractivity contribution in [3.05, 3.63) is 33.3 Å². The maximum Gasteiger partial charge on any atom is 0.160 e. The highest BCUT2D eigenvalue weighted by Crippen LogP contribution is 2.26. The standard InChI is InChI=1S/C17H25N3S/c1-6-18-8-11(2)7-15-13(4)19-17(20-14(15)5)16-10-21-9-12(16)3/h9-11,18H,6-8H2,1-5H3. The van der Waals surface area contributed by atoms with Crippen LogP contribution in [-0.4, -0.2) is 23.1 Å². The largest absolute Gasteiger partial charge is 0.317 e. The summed E-state index contributed by atoms with van der Waals surface area (Å²) >= 11 is 1.71. The Morgan fingerprint density at radius 3 is 2.33 bits per heavy atom. The SMILES string of the molecule is CCNCC(C)Cc1c(C)nc(-c2cscc2C)nc1C. The molecule has 0 spiro atoms. The van der Waals surface area contributed by atoms with Crippen molar-refractivity contribution < 1.29 is 0 Å². The van der Waals surface area contributed by atoms with E-state index in [-0.39, 0.29) is 0 Å². The van der Waals surface area contributed by atoms with Crippen LogP contribution in [0.5, 0.6) is 0 Å². The predicted molar refractivity (Wildman–Crippen MR) is 91.0 cm³/mol. The first kappa shape index (κ1) is 16.1. The van der Waals surface area contributed by atoms with Gasteiger partial charge >= 0.3 is 0 Å². The Bertz CT molecular complexity index is 581. The first-order chi connectivity index (χ1) is 10.0. The van der Waals surface area contributed by atoms with Gasteiger partial charge in [0.2, 0.25) is 0 Å². The third kappa shape index (κ3) is 3.89. The fourth-order valence-electron chi connectivity index (χ4n) is 2.56. The Kier molecular flexibility index (Phi) is 5.48. The first-order valence-corrected chi connectivity index (χ1v) is 8.55. The van der Waals surface area contributed by atoms with E-state index in [9.17, 15) is 0 Å². The highest BCUT2D eigenvalue weighted by atomic mass is 32.1. The summed E-state index contributed by atoms with van der Waals surface area (Å²) in [4.78, 5) is 9.49. The minimum atomic E-state index is 0.597. The molecular weight excluding hydrogens is 278 g/mol. The van der Waals surface area contributed by atoms with E-state index in [2.05, 4.69) is 50.7 Å². The summed E-state index contributed by atoms with van der Waals surface area (Å²) in [5.74, 6) is 1.46. The molecule has 2 aromatic rings. The van der Waals surface area contributed by atoms with Gasteiger partial charge in [0.15, 0.2) is 5.82 Å². The van der Waals surface area contributed by atoms with E-state index in [1.807, 2.05) is 0 Å². The molecule has 2 aromatic heterocycles. The second-order valence-electron chi connectivity index (χ2n) is 5.78. The number of hydrogen-bond donors (Lipinski definition) is 1. The normalized spacial score (nSPS) is 12.6. The molecule has 0 aliphatic rings. The van der Waals surface area contributed by atoms with Crippen molar-refractivity contribution >= 4 is 11.3 Å². The van der Waals surface area contributed by atoms with Crippen molar-refractivity contribution in [2.45, 2.75) is 41.0 Å². The number of rotatable bonds is 6. The van der Waals surface area contributed by atoms with Crippen LogP contribution in [0.2, 0.25) is 0 Å².